The third kappa shape index (κ3) is 8.72. The normalized spacial score (nSPS) is 16.3. The zero-order valence-electron chi connectivity index (χ0n) is 44.9. The van der Waals surface area contributed by atoms with Crippen molar-refractivity contribution in [3.63, 3.8) is 0 Å². The molecule has 2 aliphatic rings. The molecule has 348 valence electrons. The van der Waals surface area contributed by atoms with Crippen LogP contribution in [-0.2, 0) is 37.9 Å². The predicted molar refractivity (Wildman–Crippen MR) is 296 cm³/mol. The van der Waals surface area contributed by atoms with Crippen LogP contribution < -0.4 is 25.9 Å². The number of thiophene rings is 1. The van der Waals surface area contributed by atoms with Gasteiger partial charge in [-0.2, -0.15) is 0 Å². The summed E-state index contributed by atoms with van der Waals surface area (Å²) in [5.74, 6) is 0. The van der Waals surface area contributed by atoms with Crippen molar-refractivity contribution in [2.45, 2.75) is 196 Å². The molecule has 0 atom stereocenters. The molecule has 0 amide bonds. The molecule has 0 bridgehead atoms. The molecular formula is C62H81BN2S. The minimum Gasteiger partial charge on any atom is -0.356 e. The Morgan fingerprint density at radius 2 is 1.03 bits per heavy atom. The highest BCUT2D eigenvalue weighted by Gasteiger charge is 2.44. The molecular weight excluding hydrogens is 816 g/mol. The van der Waals surface area contributed by atoms with E-state index in [9.17, 15) is 0 Å². The molecule has 2 heterocycles. The van der Waals surface area contributed by atoms with Gasteiger partial charge in [-0.1, -0.05) is 173 Å². The molecule has 4 heteroatoms. The van der Waals surface area contributed by atoms with Gasteiger partial charge in [0.1, 0.15) is 0 Å². The lowest BCUT2D eigenvalue weighted by Crippen LogP contribution is -2.57. The van der Waals surface area contributed by atoms with E-state index in [4.69, 9.17) is 0 Å². The van der Waals surface area contributed by atoms with Gasteiger partial charge in [-0.3, -0.25) is 0 Å². The minimum absolute atomic E-state index is 0.000382. The molecule has 1 aliphatic heterocycles. The Labute approximate surface area is 405 Å². The van der Waals surface area contributed by atoms with Crippen molar-refractivity contribution in [1.29, 1.82) is 0 Å². The Morgan fingerprint density at radius 3 is 1.52 bits per heavy atom. The monoisotopic (exact) mass is 897 g/mol. The highest BCUT2D eigenvalue weighted by molar-refractivity contribution is 7.33. The van der Waals surface area contributed by atoms with Crippen LogP contribution in [0.3, 0.4) is 0 Å². The van der Waals surface area contributed by atoms with E-state index in [0.717, 1.165) is 5.69 Å². The second-order valence-corrected chi connectivity index (χ2v) is 28.1. The Balaban J connectivity index is 1.54. The van der Waals surface area contributed by atoms with Gasteiger partial charge < -0.3 is 10.2 Å². The van der Waals surface area contributed by atoms with Crippen LogP contribution in [-0.4, -0.2) is 6.71 Å². The summed E-state index contributed by atoms with van der Waals surface area (Å²) in [5, 5.41) is 5.58. The van der Waals surface area contributed by atoms with Crippen molar-refractivity contribution in [3.8, 4) is 0 Å². The summed E-state index contributed by atoms with van der Waals surface area (Å²) in [6, 6.07) is 32.3. The average molecular weight is 897 g/mol. The largest absolute Gasteiger partial charge is 0.356 e. The van der Waals surface area contributed by atoms with Gasteiger partial charge in [0.15, 0.2) is 0 Å². The quantitative estimate of drug-likeness (QED) is 0.177. The van der Waals surface area contributed by atoms with Crippen LogP contribution in [0.15, 0.2) is 78.9 Å². The van der Waals surface area contributed by atoms with Gasteiger partial charge in [0, 0.05) is 37.6 Å². The first-order valence-electron chi connectivity index (χ1n) is 24.9. The molecule has 1 N–H and O–H groups in total. The summed E-state index contributed by atoms with van der Waals surface area (Å²) in [6.45, 7) is 49.8. The molecule has 0 fully saturated rings. The van der Waals surface area contributed by atoms with Crippen molar-refractivity contribution in [1.82, 2.24) is 0 Å². The fourth-order valence-corrected chi connectivity index (χ4v) is 11.9. The molecule has 1 aliphatic carbocycles. The highest BCUT2D eigenvalue weighted by atomic mass is 32.1. The second kappa shape index (κ2) is 15.6. The summed E-state index contributed by atoms with van der Waals surface area (Å²) in [5.41, 5.74) is 21.5. The van der Waals surface area contributed by atoms with E-state index in [2.05, 4.69) is 234 Å². The summed E-state index contributed by atoms with van der Waals surface area (Å²) in [7, 11) is 0. The Kier molecular flexibility index (Phi) is 11.4. The number of fused-ring (bicyclic) bond motifs is 5. The molecule has 0 unspecified atom stereocenters. The number of hydrogen-bond donors (Lipinski definition) is 1. The fourth-order valence-electron chi connectivity index (χ4n) is 10.6. The first-order chi connectivity index (χ1) is 30.1. The van der Waals surface area contributed by atoms with Crippen LogP contribution in [0.2, 0.25) is 0 Å². The molecule has 1 aromatic heterocycles. The van der Waals surface area contributed by atoms with Gasteiger partial charge >= 0.3 is 0 Å². The van der Waals surface area contributed by atoms with Crippen LogP contribution in [0, 0.1) is 13.8 Å². The summed E-state index contributed by atoms with van der Waals surface area (Å²) < 4.78 is 2.81. The van der Waals surface area contributed by atoms with Gasteiger partial charge in [-0.05, 0) is 163 Å². The lowest BCUT2D eigenvalue weighted by molar-refractivity contribution is 0.332. The average Bonchev–Trinajstić information content (AvgIpc) is 3.54. The first kappa shape index (κ1) is 48.2. The number of aryl methyl sites for hydroxylation is 2. The number of nitrogens with one attached hydrogen (secondary N) is 1. The summed E-state index contributed by atoms with van der Waals surface area (Å²) >= 11 is 2.04. The lowest BCUT2D eigenvalue weighted by Gasteiger charge is -2.42. The number of nitrogens with zero attached hydrogens (tertiary/aromatic N) is 1. The number of anilines is 5. The van der Waals surface area contributed by atoms with Crippen molar-refractivity contribution in [2.75, 3.05) is 10.2 Å². The van der Waals surface area contributed by atoms with E-state index in [1.165, 1.54) is 111 Å². The number of rotatable bonds is 4. The zero-order chi connectivity index (χ0) is 48.6. The maximum absolute atomic E-state index is 4.20. The van der Waals surface area contributed by atoms with E-state index in [1.54, 1.807) is 0 Å². The van der Waals surface area contributed by atoms with Crippen LogP contribution in [0.4, 0.5) is 28.4 Å². The van der Waals surface area contributed by atoms with Gasteiger partial charge in [0.2, 0.25) is 0 Å². The summed E-state index contributed by atoms with van der Waals surface area (Å²) in [4.78, 5) is 2.71. The second-order valence-electron chi connectivity index (χ2n) is 27.0. The molecule has 0 radical (unpaired) electrons. The molecule has 0 saturated heterocycles. The van der Waals surface area contributed by atoms with E-state index in [0.29, 0.717) is 0 Å². The van der Waals surface area contributed by atoms with Crippen LogP contribution >= 0.6 is 11.3 Å². The van der Waals surface area contributed by atoms with Crippen molar-refractivity contribution in [3.05, 3.63) is 129 Å². The highest BCUT2D eigenvalue weighted by Crippen LogP contribution is 2.52. The Hall–Kier alpha value is -4.28. The fraction of sp³-hybridized carbons (Fsp3) is 0.484. The van der Waals surface area contributed by atoms with Crippen LogP contribution in [0.25, 0.3) is 10.1 Å². The molecule has 6 aromatic rings. The number of benzene rings is 5. The van der Waals surface area contributed by atoms with Gasteiger partial charge in [-0.25, -0.2) is 0 Å². The molecule has 5 aromatic carbocycles. The van der Waals surface area contributed by atoms with E-state index in [-0.39, 0.29) is 44.6 Å². The predicted octanol–water partition coefficient (Wildman–Crippen LogP) is 16.4. The lowest BCUT2D eigenvalue weighted by atomic mass is 9.37. The van der Waals surface area contributed by atoms with Gasteiger partial charge in [0.25, 0.3) is 6.71 Å². The third-order valence-electron chi connectivity index (χ3n) is 15.3. The zero-order valence-corrected chi connectivity index (χ0v) is 45.7. The third-order valence-corrected chi connectivity index (χ3v) is 16.5. The maximum atomic E-state index is 4.20. The molecule has 8 rings (SSSR count). The Morgan fingerprint density at radius 1 is 0.545 bits per heavy atom. The van der Waals surface area contributed by atoms with E-state index >= 15 is 0 Å². The summed E-state index contributed by atoms with van der Waals surface area (Å²) in [6.07, 6.45) is 2.38. The van der Waals surface area contributed by atoms with Gasteiger partial charge in [0.05, 0.1) is 5.69 Å². The van der Waals surface area contributed by atoms with Gasteiger partial charge in [-0.15, -0.1) is 11.3 Å². The molecule has 66 heavy (non-hydrogen) atoms. The van der Waals surface area contributed by atoms with Crippen molar-refractivity contribution in [2.24, 2.45) is 0 Å². The smallest absolute Gasteiger partial charge is 0.262 e. The van der Waals surface area contributed by atoms with Crippen LogP contribution in [0.1, 0.15) is 194 Å². The first-order valence-corrected chi connectivity index (χ1v) is 25.7. The standard InChI is InChI=1S/C62H81BN2S/c1-37-26-50(64-44-31-40(57(6,7)8)29-41(32-44)58(9,10)11)53-51(27-37)65(45-33-42(59(12,13)14)30-43(34-45)60(15,16)17)54-46-35-47-48(62(20,21)25-24-61(47,18)19)36-52(46)66-55(54)63(53)49-23-22-39(28-38(49)2)56(3,4)5/h22-23,26-36,64H,24-25H2,1-21H3. The van der Waals surface area contributed by atoms with Crippen LogP contribution in [0.5, 0.6) is 0 Å². The SMILES string of the molecule is Cc1cc(Nc2cc(C(C)(C)C)cc(C(C)(C)C)c2)c2c(c1)N(c1cc(C(C)(C)C)cc(C(C)(C)C)c1)c1c(sc3cc4c(cc13)C(C)(C)CCC4(C)C)B2c1ccc(C(C)(C)C)cc1C. The minimum atomic E-state index is -0.0422. The molecule has 0 spiro atoms. The molecule has 2 nitrogen and oxygen atoms in total. The van der Waals surface area contributed by atoms with Crippen molar-refractivity contribution >= 4 is 72.3 Å². The molecule has 0 saturated carbocycles. The number of hydrogen-bond acceptors (Lipinski definition) is 3. The maximum Gasteiger partial charge on any atom is 0.262 e. The Bertz CT molecular complexity index is 2820. The van der Waals surface area contributed by atoms with E-state index < -0.39 is 0 Å². The topological polar surface area (TPSA) is 15.3 Å². The van der Waals surface area contributed by atoms with E-state index in [1.807, 2.05) is 11.3 Å². The van der Waals surface area contributed by atoms with Crippen molar-refractivity contribution < 1.29 is 0 Å².